The Morgan fingerprint density at radius 1 is 1.56 bits per heavy atom. The molecule has 4 heteroatoms. The second kappa shape index (κ2) is 6.25. The fraction of sp³-hybridized carbons (Fsp3) is 0.417. The van der Waals surface area contributed by atoms with Crippen molar-refractivity contribution >= 4 is 5.91 Å². The van der Waals surface area contributed by atoms with Crippen molar-refractivity contribution in [1.29, 1.82) is 0 Å². The van der Waals surface area contributed by atoms with E-state index in [2.05, 4.69) is 5.32 Å². The number of nitrogens with one attached hydrogen (secondary N) is 1. The molecule has 1 rings (SSSR count). The van der Waals surface area contributed by atoms with Crippen molar-refractivity contribution in [3.8, 4) is 0 Å². The summed E-state index contributed by atoms with van der Waals surface area (Å²) in [4.78, 5) is 11.8. The van der Waals surface area contributed by atoms with Crippen molar-refractivity contribution in [1.82, 2.24) is 5.32 Å². The van der Waals surface area contributed by atoms with Gasteiger partial charge in [0.05, 0.1) is 12.6 Å². The van der Waals surface area contributed by atoms with Crippen molar-refractivity contribution in [3.05, 3.63) is 35.4 Å². The third-order valence-electron chi connectivity index (χ3n) is 2.27. The molecule has 0 fully saturated rings. The lowest BCUT2D eigenvalue weighted by Gasteiger charge is -2.15. The molecule has 0 radical (unpaired) electrons. The number of carbonyl (C=O) groups is 1. The molecular formula is C12H18N2O2. The fourth-order valence-electron chi connectivity index (χ4n) is 1.42. The number of nitrogens with two attached hydrogens (primary N) is 1. The summed E-state index contributed by atoms with van der Waals surface area (Å²) in [6.07, 6.45) is 0. The van der Waals surface area contributed by atoms with Gasteiger partial charge in [0.15, 0.2) is 0 Å². The molecule has 1 unspecified atom stereocenters. The minimum Gasteiger partial charge on any atom is -0.383 e. The minimum atomic E-state index is -0.141. The lowest BCUT2D eigenvalue weighted by molar-refractivity contribution is 0.0900. The summed E-state index contributed by atoms with van der Waals surface area (Å²) in [5, 5.41) is 2.82. The predicted octanol–water partition coefficient (Wildman–Crippen LogP) is 0.699. The van der Waals surface area contributed by atoms with E-state index in [1.54, 1.807) is 13.2 Å². The van der Waals surface area contributed by atoms with Crippen molar-refractivity contribution < 1.29 is 9.53 Å². The molecule has 1 atom stereocenters. The number of methoxy groups -OCH3 is 1. The molecule has 1 amide bonds. The topological polar surface area (TPSA) is 64.3 Å². The fourth-order valence-corrected chi connectivity index (χ4v) is 1.42. The predicted molar refractivity (Wildman–Crippen MR) is 63.4 cm³/mol. The van der Waals surface area contributed by atoms with Crippen molar-refractivity contribution in [2.75, 3.05) is 20.3 Å². The van der Waals surface area contributed by atoms with Gasteiger partial charge in [-0.25, -0.2) is 0 Å². The number of benzene rings is 1. The Bertz CT molecular complexity index is 353. The standard InChI is InChI=1S/C12H18N2O2/c1-9-4-3-5-10(6-9)12(15)14-11(7-13)8-16-2/h3-6,11H,7-8,13H2,1-2H3,(H,14,15). The van der Waals surface area contributed by atoms with Crippen LogP contribution in [0.3, 0.4) is 0 Å². The van der Waals surface area contributed by atoms with Crippen LogP contribution in [0.1, 0.15) is 15.9 Å². The Kier molecular flexibility index (Phi) is 4.95. The number of ether oxygens (including phenoxy) is 1. The molecule has 0 bridgehead atoms. The van der Waals surface area contributed by atoms with Crippen LogP contribution in [0.15, 0.2) is 24.3 Å². The first-order chi connectivity index (χ1) is 7.67. The summed E-state index contributed by atoms with van der Waals surface area (Å²) in [5.41, 5.74) is 7.23. The van der Waals surface area contributed by atoms with Crippen LogP contribution in [-0.4, -0.2) is 32.2 Å². The van der Waals surface area contributed by atoms with Gasteiger partial charge in [0, 0.05) is 19.2 Å². The second-order valence-corrected chi connectivity index (χ2v) is 3.73. The number of hydrogen-bond donors (Lipinski definition) is 2. The molecule has 0 saturated heterocycles. The summed E-state index contributed by atoms with van der Waals surface area (Å²) in [6.45, 7) is 2.74. The van der Waals surface area contributed by atoms with Crippen LogP contribution < -0.4 is 11.1 Å². The highest BCUT2D eigenvalue weighted by Crippen LogP contribution is 2.03. The molecule has 0 spiro atoms. The van der Waals surface area contributed by atoms with Gasteiger partial charge in [-0.05, 0) is 19.1 Å². The molecule has 0 aromatic heterocycles. The van der Waals surface area contributed by atoms with E-state index in [1.165, 1.54) is 0 Å². The van der Waals surface area contributed by atoms with Crippen LogP contribution >= 0.6 is 0 Å². The molecule has 1 aromatic carbocycles. The van der Waals surface area contributed by atoms with E-state index in [1.807, 2.05) is 25.1 Å². The van der Waals surface area contributed by atoms with Gasteiger partial charge < -0.3 is 15.8 Å². The molecule has 88 valence electrons. The Hall–Kier alpha value is -1.39. The molecule has 0 aliphatic heterocycles. The Morgan fingerprint density at radius 2 is 2.31 bits per heavy atom. The summed E-state index contributed by atoms with van der Waals surface area (Å²) >= 11 is 0. The van der Waals surface area contributed by atoms with E-state index in [-0.39, 0.29) is 11.9 Å². The lowest BCUT2D eigenvalue weighted by atomic mass is 10.1. The quantitative estimate of drug-likeness (QED) is 0.770. The summed E-state index contributed by atoms with van der Waals surface area (Å²) in [7, 11) is 1.58. The van der Waals surface area contributed by atoms with Crippen molar-refractivity contribution in [2.24, 2.45) is 5.73 Å². The third kappa shape index (κ3) is 3.64. The van der Waals surface area contributed by atoms with E-state index in [0.29, 0.717) is 18.7 Å². The summed E-state index contributed by atoms with van der Waals surface area (Å²) < 4.78 is 4.96. The first-order valence-electron chi connectivity index (χ1n) is 5.24. The smallest absolute Gasteiger partial charge is 0.251 e. The second-order valence-electron chi connectivity index (χ2n) is 3.73. The van der Waals surface area contributed by atoms with Gasteiger partial charge in [0.2, 0.25) is 0 Å². The SMILES string of the molecule is COCC(CN)NC(=O)c1cccc(C)c1. The van der Waals surface area contributed by atoms with Crippen molar-refractivity contribution in [2.45, 2.75) is 13.0 Å². The van der Waals surface area contributed by atoms with Gasteiger partial charge in [0.1, 0.15) is 0 Å². The molecule has 16 heavy (non-hydrogen) atoms. The zero-order chi connectivity index (χ0) is 12.0. The number of hydrogen-bond acceptors (Lipinski definition) is 3. The Balaban J connectivity index is 2.64. The average molecular weight is 222 g/mol. The van der Waals surface area contributed by atoms with Crippen molar-refractivity contribution in [3.63, 3.8) is 0 Å². The minimum absolute atomic E-state index is 0.115. The highest BCUT2D eigenvalue weighted by atomic mass is 16.5. The van der Waals surface area contributed by atoms with Crippen LogP contribution in [0.25, 0.3) is 0 Å². The Morgan fingerprint density at radius 3 is 2.88 bits per heavy atom. The zero-order valence-corrected chi connectivity index (χ0v) is 9.69. The molecule has 0 saturated carbocycles. The molecule has 4 nitrogen and oxygen atoms in total. The normalized spacial score (nSPS) is 12.2. The highest BCUT2D eigenvalue weighted by Gasteiger charge is 2.11. The number of amides is 1. The number of rotatable bonds is 5. The molecule has 3 N–H and O–H groups in total. The third-order valence-corrected chi connectivity index (χ3v) is 2.27. The van der Waals surface area contributed by atoms with Gasteiger partial charge in [0.25, 0.3) is 5.91 Å². The highest BCUT2D eigenvalue weighted by molar-refractivity contribution is 5.94. The maximum Gasteiger partial charge on any atom is 0.251 e. The Labute approximate surface area is 95.8 Å². The zero-order valence-electron chi connectivity index (χ0n) is 9.69. The first-order valence-corrected chi connectivity index (χ1v) is 5.24. The lowest BCUT2D eigenvalue weighted by Crippen LogP contribution is -2.43. The van der Waals surface area contributed by atoms with Gasteiger partial charge in [-0.3, -0.25) is 4.79 Å². The number of aryl methyl sites for hydroxylation is 1. The number of carbonyl (C=O) groups excluding carboxylic acids is 1. The van der Waals surface area contributed by atoms with Crippen LogP contribution in [-0.2, 0) is 4.74 Å². The van der Waals surface area contributed by atoms with Crippen LogP contribution in [0.5, 0.6) is 0 Å². The van der Waals surface area contributed by atoms with Gasteiger partial charge in [-0.15, -0.1) is 0 Å². The van der Waals surface area contributed by atoms with Crippen LogP contribution in [0, 0.1) is 6.92 Å². The molecule has 0 aliphatic carbocycles. The molecular weight excluding hydrogens is 204 g/mol. The van der Waals surface area contributed by atoms with E-state index >= 15 is 0 Å². The molecule has 0 heterocycles. The summed E-state index contributed by atoms with van der Waals surface area (Å²) in [5.74, 6) is -0.115. The van der Waals surface area contributed by atoms with Gasteiger partial charge in [-0.2, -0.15) is 0 Å². The molecule has 1 aromatic rings. The van der Waals surface area contributed by atoms with Gasteiger partial charge in [-0.1, -0.05) is 17.7 Å². The maximum absolute atomic E-state index is 11.8. The van der Waals surface area contributed by atoms with E-state index < -0.39 is 0 Å². The maximum atomic E-state index is 11.8. The van der Waals surface area contributed by atoms with E-state index in [4.69, 9.17) is 10.5 Å². The van der Waals surface area contributed by atoms with Crippen LogP contribution in [0.2, 0.25) is 0 Å². The first kappa shape index (κ1) is 12.7. The summed E-state index contributed by atoms with van der Waals surface area (Å²) in [6, 6.07) is 7.29. The van der Waals surface area contributed by atoms with Crippen LogP contribution in [0.4, 0.5) is 0 Å². The average Bonchev–Trinajstić information content (AvgIpc) is 2.28. The monoisotopic (exact) mass is 222 g/mol. The van der Waals surface area contributed by atoms with E-state index in [0.717, 1.165) is 5.56 Å². The largest absolute Gasteiger partial charge is 0.383 e. The molecule has 0 aliphatic rings. The van der Waals surface area contributed by atoms with E-state index in [9.17, 15) is 4.79 Å². The van der Waals surface area contributed by atoms with Gasteiger partial charge >= 0.3 is 0 Å².